The molecule has 0 saturated heterocycles. The SMILES string of the molecule is CCN(C(=O)c1ncccc1O)C(C)CC1CCc2c1c(=O)n1nc(Br)nc1n2CC(=O)Nc1ccc(C(F)(F)F)cc1Cl. The number of carbonyl (C=O) groups excluding carboxylic acids is 2. The zero-order chi connectivity index (χ0) is 31.9. The smallest absolute Gasteiger partial charge is 0.416 e. The molecular weight excluding hydrogens is 671 g/mol. The minimum atomic E-state index is -4.59. The van der Waals surface area contributed by atoms with Gasteiger partial charge in [-0.25, -0.2) is 4.98 Å². The zero-order valence-corrected chi connectivity index (χ0v) is 25.7. The summed E-state index contributed by atoms with van der Waals surface area (Å²) in [5, 5.41) is 16.6. The number of nitrogens with zero attached hydrogens (tertiary/aromatic N) is 6. The van der Waals surface area contributed by atoms with E-state index in [9.17, 15) is 32.7 Å². The van der Waals surface area contributed by atoms with Crippen LogP contribution in [-0.2, 0) is 23.9 Å². The number of benzene rings is 1. The quantitative estimate of drug-likeness (QED) is 0.264. The molecule has 16 heteroatoms. The molecule has 0 radical (unpaired) electrons. The number of aromatic nitrogens is 5. The molecule has 3 heterocycles. The summed E-state index contributed by atoms with van der Waals surface area (Å²) in [6.45, 7) is 3.67. The molecule has 1 aliphatic rings. The summed E-state index contributed by atoms with van der Waals surface area (Å²) < 4.78 is 41.9. The van der Waals surface area contributed by atoms with E-state index in [-0.39, 0.29) is 51.2 Å². The Morgan fingerprint density at radius 3 is 2.70 bits per heavy atom. The van der Waals surface area contributed by atoms with E-state index in [0.29, 0.717) is 37.1 Å². The highest BCUT2D eigenvalue weighted by Crippen LogP contribution is 2.37. The Bertz CT molecular complexity index is 1830. The highest BCUT2D eigenvalue weighted by Gasteiger charge is 2.35. The van der Waals surface area contributed by atoms with Gasteiger partial charge in [0, 0.05) is 30.0 Å². The Kier molecular flexibility index (Phi) is 8.71. The number of anilines is 1. The first kappa shape index (κ1) is 31.4. The maximum Gasteiger partial charge on any atom is 0.416 e. The molecule has 5 rings (SSSR count). The van der Waals surface area contributed by atoms with Crippen LogP contribution in [-0.4, -0.2) is 58.6 Å². The van der Waals surface area contributed by atoms with Crippen LogP contribution in [0.3, 0.4) is 0 Å². The molecule has 11 nitrogen and oxygen atoms in total. The van der Waals surface area contributed by atoms with E-state index in [4.69, 9.17) is 11.6 Å². The Hall–Kier alpha value is -3.98. The maximum atomic E-state index is 13.6. The topological polar surface area (TPSA) is 135 Å². The lowest BCUT2D eigenvalue weighted by molar-refractivity contribution is -0.137. The number of halogens is 5. The number of alkyl halides is 3. The second kappa shape index (κ2) is 12.2. The van der Waals surface area contributed by atoms with Crippen molar-refractivity contribution in [2.24, 2.45) is 0 Å². The molecule has 1 aliphatic carbocycles. The van der Waals surface area contributed by atoms with Crippen molar-refractivity contribution >= 4 is 50.8 Å². The van der Waals surface area contributed by atoms with Crippen LogP contribution < -0.4 is 10.9 Å². The van der Waals surface area contributed by atoms with Gasteiger partial charge in [-0.2, -0.15) is 22.7 Å². The molecule has 3 aromatic heterocycles. The Morgan fingerprint density at radius 1 is 1.30 bits per heavy atom. The van der Waals surface area contributed by atoms with Crippen LogP contribution >= 0.6 is 27.5 Å². The molecular formula is C28H26BrClF3N7O4. The highest BCUT2D eigenvalue weighted by atomic mass is 79.9. The normalized spacial score (nSPS) is 15.3. The van der Waals surface area contributed by atoms with Gasteiger partial charge in [-0.15, -0.1) is 5.10 Å². The lowest BCUT2D eigenvalue weighted by atomic mass is 9.94. The van der Waals surface area contributed by atoms with Crippen LogP contribution in [0.25, 0.3) is 5.78 Å². The number of hydrogen-bond acceptors (Lipinski definition) is 7. The number of hydrogen-bond donors (Lipinski definition) is 2. The summed E-state index contributed by atoms with van der Waals surface area (Å²) in [5.74, 6) is -1.46. The number of nitrogens with one attached hydrogen (secondary N) is 1. The average molecular weight is 697 g/mol. The third-order valence-corrected chi connectivity index (χ3v) is 8.27. The van der Waals surface area contributed by atoms with Gasteiger partial charge in [0.05, 0.1) is 16.3 Å². The lowest BCUT2D eigenvalue weighted by Gasteiger charge is -2.30. The van der Waals surface area contributed by atoms with Crippen LogP contribution in [0.4, 0.5) is 18.9 Å². The van der Waals surface area contributed by atoms with Gasteiger partial charge in [-0.05, 0) is 85.3 Å². The van der Waals surface area contributed by atoms with E-state index in [1.807, 2.05) is 13.8 Å². The number of carbonyl (C=O) groups is 2. The molecule has 0 fully saturated rings. The molecule has 0 bridgehead atoms. The molecule has 232 valence electrons. The molecule has 2 unspecified atom stereocenters. The number of rotatable bonds is 8. The fourth-order valence-electron chi connectivity index (χ4n) is 5.65. The predicted octanol–water partition coefficient (Wildman–Crippen LogP) is 5.04. The molecule has 2 N–H and O–H groups in total. The third-order valence-electron chi connectivity index (χ3n) is 7.62. The molecule has 4 aromatic rings. The van der Waals surface area contributed by atoms with Gasteiger partial charge >= 0.3 is 6.18 Å². The largest absolute Gasteiger partial charge is 0.505 e. The van der Waals surface area contributed by atoms with Crippen molar-refractivity contribution in [2.45, 2.75) is 57.8 Å². The Balaban J connectivity index is 1.43. The third kappa shape index (κ3) is 6.02. The molecule has 0 spiro atoms. The summed E-state index contributed by atoms with van der Waals surface area (Å²) in [6, 6.07) is 5.18. The summed E-state index contributed by atoms with van der Waals surface area (Å²) in [4.78, 5) is 49.9. The van der Waals surface area contributed by atoms with E-state index in [2.05, 4.69) is 36.3 Å². The van der Waals surface area contributed by atoms with Gasteiger partial charge in [-0.1, -0.05) is 11.6 Å². The first-order valence-corrected chi connectivity index (χ1v) is 14.8. The van der Waals surface area contributed by atoms with Gasteiger partial charge in [0.25, 0.3) is 11.5 Å². The predicted molar refractivity (Wildman–Crippen MR) is 158 cm³/mol. The molecule has 0 saturated carbocycles. The molecule has 44 heavy (non-hydrogen) atoms. The van der Waals surface area contributed by atoms with Gasteiger partial charge in [0.2, 0.25) is 16.4 Å². The highest BCUT2D eigenvalue weighted by molar-refractivity contribution is 9.10. The van der Waals surface area contributed by atoms with Crippen LogP contribution in [0.2, 0.25) is 5.02 Å². The summed E-state index contributed by atoms with van der Waals surface area (Å²) in [7, 11) is 0. The monoisotopic (exact) mass is 695 g/mol. The van der Waals surface area contributed by atoms with Gasteiger partial charge in [0.1, 0.15) is 12.3 Å². The van der Waals surface area contributed by atoms with Crippen molar-refractivity contribution in [3.8, 4) is 5.75 Å². The van der Waals surface area contributed by atoms with E-state index < -0.39 is 29.1 Å². The average Bonchev–Trinajstić information content (AvgIpc) is 3.56. The zero-order valence-electron chi connectivity index (χ0n) is 23.4. The number of pyridine rings is 1. The maximum absolute atomic E-state index is 13.6. The standard InChI is InChI=1S/C28H26BrClF3N7O4/c1-3-38(25(44)23-20(41)5-4-10-34-23)14(2)11-15-6-9-19-22(15)24(43)40-27(36-26(29)37-40)39(19)13-21(42)35-18-8-7-16(12-17(18)30)28(31,32)33/h4-5,7-8,10,12,14-15,41H,3,6,9,11,13H2,1-2H3,(H,35,42). The van der Waals surface area contributed by atoms with Gasteiger partial charge < -0.3 is 19.9 Å². The van der Waals surface area contributed by atoms with Crippen LogP contribution in [0.15, 0.2) is 46.1 Å². The Morgan fingerprint density at radius 2 is 2.05 bits per heavy atom. The van der Waals surface area contributed by atoms with Crippen molar-refractivity contribution in [1.82, 2.24) is 29.0 Å². The van der Waals surface area contributed by atoms with Crippen LogP contribution in [0, 0.1) is 0 Å². The number of amides is 2. The number of fused-ring (bicyclic) bond motifs is 2. The fourth-order valence-corrected chi connectivity index (χ4v) is 6.19. The van der Waals surface area contributed by atoms with Crippen molar-refractivity contribution in [2.75, 3.05) is 11.9 Å². The van der Waals surface area contributed by atoms with E-state index in [1.165, 1.54) is 18.3 Å². The molecule has 2 amide bonds. The number of aromatic hydroxyl groups is 1. The molecule has 2 atom stereocenters. The van der Waals surface area contributed by atoms with Crippen molar-refractivity contribution < 1.29 is 27.9 Å². The van der Waals surface area contributed by atoms with Crippen LogP contribution in [0.5, 0.6) is 5.75 Å². The van der Waals surface area contributed by atoms with Gasteiger partial charge in [0.15, 0.2) is 5.69 Å². The molecule has 0 aliphatic heterocycles. The van der Waals surface area contributed by atoms with Crippen molar-refractivity contribution in [3.63, 3.8) is 0 Å². The van der Waals surface area contributed by atoms with E-state index in [0.717, 1.165) is 22.7 Å². The Labute approximate surface area is 261 Å². The van der Waals surface area contributed by atoms with Crippen molar-refractivity contribution in [1.29, 1.82) is 0 Å². The summed E-state index contributed by atoms with van der Waals surface area (Å²) in [6.07, 6.45) is -1.78. The summed E-state index contributed by atoms with van der Waals surface area (Å²) >= 11 is 9.22. The van der Waals surface area contributed by atoms with Gasteiger partial charge in [-0.3, -0.25) is 14.4 Å². The van der Waals surface area contributed by atoms with E-state index >= 15 is 0 Å². The lowest BCUT2D eigenvalue weighted by Crippen LogP contribution is -2.40. The molecule has 1 aromatic carbocycles. The second-order valence-corrected chi connectivity index (χ2v) is 11.5. The summed E-state index contributed by atoms with van der Waals surface area (Å²) in [5.41, 5.74) is -0.410. The first-order valence-electron chi connectivity index (χ1n) is 13.6. The minimum absolute atomic E-state index is 0.00371. The fraction of sp³-hybridized carbons (Fsp3) is 0.357. The van der Waals surface area contributed by atoms with E-state index in [1.54, 1.807) is 9.47 Å². The minimum Gasteiger partial charge on any atom is -0.505 e. The van der Waals surface area contributed by atoms with Crippen LogP contribution in [0.1, 0.15) is 59.9 Å². The van der Waals surface area contributed by atoms with Crippen molar-refractivity contribution in [3.05, 3.63) is 79.2 Å². The first-order chi connectivity index (χ1) is 20.8. The second-order valence-electron chi connectivity index (χ2n) is 10.4.